The van der Waals surface area contributed by atoms with Gasteiger partial charge in [0.25, 0.3) is 0 Å². The van der Waals surface area contributed by atoms with E-state index in [9.17, 15) is 0 Å². The Balaban J connectivity index is 3.38. The molecule has 0 unspecified atom stereocenters. The van der Waals surface area contributed by atoms with E-state index in [1.54, 1.807) is 0 Å². The molecule has 0 nitrogen and oxygen atoms in total. The third-order valence-corrected chi connectivity index (χ3v) is 2.41. The Labute approximate surface area is 89.4 Å². The van der Waals surface area contributed by atoms with Crippen LogP contribution in [0.15, 0.2) is 37.0 Å². The zero-order valence-electron chi connectivity index (χ0n) is 9.60. The smallest absolute Gasteiger partial charge is 0.0279 e. The largest absolute Gasteiger partial charge is 0.0991 e. The van der Waals surface area contributed by atoms with Gasteiger partial charge in [0.05, 0.1) is 0 Å². The van der Waals surface area contributed by atoms with Gasteiger partial charge in [0.2, 0.25) is 0 Å². The lowest BCUT2D eigenvalue weighted by Crippen LogP contribution is -1.81. The number of unbranched alkanes of at least 4 members (excludes halogenated alkanes) is 5. The molecule has 0 heterocycles. The van der Waals surface area contributed by atoms with E-state index in [4.69, 9.17) is 0 Å². The monoisotopic (exact) mass is 192 g/mol. The zero-order valence-corrected chi connectivity index (χ0v) is 9.60. The predicted octanol–water partition coefficient (Wildman–Crippen LogP) is 5.04. The van der Waals surface area contributed by atoms with E-state index in [2.05, 4.69) is 26.2 Å². The summed E-state index contributed by atoms with van der Waals surface area (Å²) in [6.07, 6.45) is 15.1. The maximum absolute atomic E-state index is 3.79. The first-order valence-corrected chi connectivity index (χ1v) is 5.79. The average molecular weight is 192 g/mol. The summed E-state index contributed by atoms with van der Waals surface area (Å²) in [5.74, 6) is 0. The van der Waals surface area contributed by atoms with Crippen molar-refractivity contribution in [1.82, 2.24) is 0 Å². The van der Waals surface area contributed by atoms with E-state index < -0.39 is 0 Å². The number of allylic oxidation sites excluding steroid dienone is 4. The molecular formula is C14H24. The Hall–Kier alpha value is -0.780. The Morgan fingerprint density at radius 3 is 2.21 bits per heavy atom. The molecule has 0 bridgehead atoms. The Bertz CT molecular complexity index is 174. The van der Waals surface area contributed by atoms with Gasteiger partial charge in [-0.15, -0.1) is 0 Å². The zero-order chi connectivity index (χ0) is 10.6. The van der Waals surface area contributed by atoms with Crippen LogP contribution in [0.25, 0.3) is 0 Å². The third-order valence-electron chi connectivity index (χ3n) is 2.41. The molecule has 0 atom stereocenters. The van der Waals surface area contributed by atoms with Crippen molar-refractivity contribution in [2.75, 3.05) is 0 Å². The van der Waals surface area contributed by atoms with Crippen molar-refractivity contribution in [3.8, 4) is 0 Å². The molecule has 0 saturated heterocycles. The van der Waals surface area contributed by atoms with Crippen LogP contribution in [0.2, 0.25) is 0 Å². The first kappa shape index (κ1) is 13.2. The van der Waals surface area contributed by atoms with Crippen molar-refractivity contribution in [2.24, 2.45) is 0 Å². The maximum Gasteiger partial charge on any atom is -0.0279 e. The van der Waals surface area contributed by atoms with Crippen LogP contribution in [0.4, 0.5) is 0 Å². The summed E-state index contributed by atoms with van der Waals surface area (Å²) in [5, 5.41) is 0. The van der Waals surface area contributed by atoms with Crippen molar-refractivity contribution < 1.29 is 0 Å². The Morgan fingerprint density at radius 1 is 1.00 bits per heavy atom. The second-order valence-electron chi connectivity index (χ2n) is 3.70. The minimum absolute atomic E-state index is 1.15. The first-order chi connectivity index (χ1) is 6.85. The third kappa shape index (κ3) is 7.85. The summed E-state index contributed by atoms with van der Waals surface area (Å²) < 4.78 is 0. The molecule has 0 aromatic carbocycles. The van der Waals surface area contributed by atoms with Gasteiger partial charge in [0.15, 0.2) is 0 Å². The number of rotatable bonds is 9. The maximum atomic E-state index is 3.79. The number of hydrogen-bond acceptors (Lipinski definition) is 0. The molecule has 0 aromatic heterocycles. The topological polar surface area (TPSA) is 0 Å². The van der Waals surface area contributed by atoms with Crippen molar-refractivity contribution >= 4 is 0 Å². The van der Waals surface area contributed by atoms with Crippen LogP contribution < -0.4 is 0 Å². The van der Waals surface area contributed by atoms with Gasteiger partial charge in [-0.2, -0.15) is 0 Å². The molecule has 0 rings (SSSR count). The Kier molecular flexibility index (Phi) is 9.73. The van der Waals surface area contributed by atoms with E-state index in [1.807, 2.05) is 12.2 Å². The van der Waals surface area contributed by atoms with Gasteiger partial charge in [0, 0.05) is 0 Å². The second kappa shape index (κ2) is 10.3. The minimum atomic E-state index is 1.15. The van der Waals surface area contributed by atoms with Crippen LogP contribution in [-0.2, 0) is 0 Å². The van der Waals surface area contributed by atoms with Gasteiger partial charge < -0.3 is 0 Å². The van der Waals surface area contributed by atoms with Gasteiger partial charge in [-0.1, -0.05) is 70.4 Å². The molecule has 0 aliphatic carbocycles. The SMILES string of the molecule is C=C/C=C(\C=C)CCCCCCCC. The summed E-state index contributed by atoms with van der Waals surface area (Å²) in [7, 11) is 0. The molecule has 0 fully saturated rings. The fourth-order valence-corrected chi connectivity index (χ4v) is 1.51. The lowest BCUT2D eigenvalue weighted by Gasteiger charge is -2.01. The van der Waals surface area contributed by atoms with E-state index in [1.165, 1.54) is 44.1 Å². The molecule has 0 aromatic rings. The molecule has 0 heteroatoms. The lowest BCUT2D eigenvalue weighted by atomic mass is 10.0. The van der Waals surface area contributed by atoms with Gasteiger partial charge >= 0.3 is 0 Å². The normalized spacial score (nSPS) is 11.4. The van der Waals surface area contributed by atoms with E-state index in [0.29, 0.717) is 0 Å². The second-order valence-corrected chi connectivity index (χ2v) is 3.70. The average Bonchev–Trinajstić information content (AvgIpc) is 2.21. The lowest BCUT2D eigenvalue weighted by molar-refractivity contribution is 0.608. The van der Waals surface area contributed by atoms with E-state index in [0.717, 1.165) is 6.42 Å². The quantitative estimate of drug-likeness (QED) is 0.355. The predicted molar refractivity (Wildman–Crippen MR) is 66.5 cm³/mol. The highest BCUT2D eigenvalue weighted by molar-refractivity contribution is 5.20. The van der Waals surface area contributed by atoms with Crippen molar-refractivity contribution in [3.05, 3.63) is 37.0 Å². The van der Waals surface area contributed by atoms with Gasteiger partial charge in [-0.05, 0) is 18.4 Å². The van der Waals surface area contributed by atoms with Crippen LogP contribution in [0.1, 0.15) is 51.9 Å². The van der Waals surface area contributed by atoms with Crippen LogP contribution in [-0.4, -0.2) is 0 Å². The minimum Gasteiger partial charge on any atom is -0.0991 e. The summed E-state index contributed by atoms with van der Waals surface area (Å²) in [6, 6.07) is 0. The van der Waals surface area contributed by atoms with Crippen molar-refractivity contribution in [3.63, 3.8) is 0 Å². The van der Waals surface area contributed by atoms with Crippen LogP contribution in [0, 0.1) is 0 Å². The van der Waals surface area contributed by atoms with Crippen LogP contribution in [0.3, 0.4) is 0 Å². The fraction of sp³-hybridized carbons (Fsp3) is 0.571. The highest BCUT2D eigenvalue weighted by Gasteiger charge is 1.92. The molecule has 0 saturated carbocycles. The number of hydrogen-bond donors (Lipinski definition) is 0. The summed E-state index contributed by atoms with van der Waals surface area (Å²) >= 11 is 0. The molecule has 0 N–H and O–H groups in total. The van der Waals surface area contributed by atoms with Crippen molar-refractivity contribution in [2.45, 2.75) is 51.9 Å². The van der Waals surface area contributed by atoms with Crippen molar-refractivity contribution in [1.29, 1.82) is 0 Å². The molecule has 14 heavy (non-hydrogen) atoms. The molecule has 0 aliphatic rings. The van der Waals surface area contributed by atoms with Crippen LogP contribution in [0.5, 0.6) is 0 Å². The molecule has 0 aliphatic heterocycles. The molecule has 0 radical (unpaired) electrons. The standard InChI is InChI=1S/C14H24/c1-4-7-8-9-10-11-13-14(6-3)12-5-2/h5-6,12H,2-4,7-11,13H2,1H3/b14-12+. The van der Waals surface area contributed by atoms with Crippen LogP contribution >= 0.6 is 0 Å². The summed E-state index contributed by atoms with van der Waals surface area (Å²) in [4.78, 5) is 0. The fourth-order valence-electron chi connectivity index (χ4n) is 1.51. The van der Waals surface area contributed by atoms with Gasteiger partial charge in [-0.3, -0.25) is 0 Å². The van der Waals surface area contributed by atoms with E-state index in [-0.39, 0.29) is 0 Å². The molecule has 0 amide bonds. The Morgan fingerprint density at radius 2 is 1.64 bits per heavy atom. The molecule has 0 spiro atoms. The summed E-state index contributed by atoms with van der Waals surface area (Å²) in [6.45, 7) is 9.74. The summed E-state index contributed by atoms with van der Waals surface area (Å²) in [5.41, 5.74) is 1.32. The van der Waals surface area contributed by atoms with E-state index >= 15 is 0 Å². The highest BCUT2D eigenvalue weighted by atomic mass is 14.0. The molecular weight excluding hydrogens is 168 g/mol. The molecule has 80 valence electrons. The van der Waals surface area contributed by atoms with Gasteiger partial charge in [0.1, 0.15) is 0 Å². The highest BCUT2D eigenvalue weighted by Crippen LogP contribution is 2.12. The first-order valence-electron chi connectivity index (χ1n) is 5.79. The van der Waals surface area contributed by atoms with Gasteiger partial charge in [-0.25, -0.2) is 0 Å².